The number of sulfone groups is 1. The molecule has 1 N–H and O–H groups in total. The first-order chi connectivity index (χ1) is 8.27. The van der Waals surface area contributed by atoms with Crippen LogP contribution in [0.2, 0.25) is 0 Å². The molecule has 0 aromatic rings. The second-order valence-corrected chi connectivity index (χ2v) is 10.0. The van der Waals surface area contributed by atoms with Gasteiger partial charge >= 0.3 is 0 Å². The van der Waals surface area contributed by atoms with Crippen molar-refractivity contribution in [2.45, 2.75) is 24.5 Å². The third kappa shape index (κ3) is 3.19. The molecule has 108 valence electrons. The molecular weight excluding hydrogens is 298 g/mol. The van der Waals surface area contributed by atoms with E-state index in [0.29, 0.717) is 5.75 Å². The maximum Gasteiger partial charge on any atom is 0.220 e. The van der Waals surface area contributed by atoms with Gasteiger partial charge in [-0.05, 0) is 6.92 Å². The van der Waals surface area contributed by atoms with E-state index in [0.717, 1.165) is 4.31 Å². The Bertz CT molecular complexity index is 472. The molecular formula is C9H19NO5S3. The lowest BCUT2D eigenvalue weighted by molar-refractivity contribution is 0.288. The number of nitrogens with zero attached hydrogens (tertiary/aromatic N) is 1. The predicted octanol–water partition coefficient (Wildman–Crippen LogP) is -0.493. The molecule has 1 aliphatic heterocycles. The van der Waals surface area contributed by atoms with Crippen LogP contribution in [0.1, 0.15) is 13.8 Å². The normalized spacial score (nSPS) is 24.9. The fourth-order valence-electron chi connectivity index (χ4n) is 1.66. The first-order valence-electron chi connectivity index (χ1n) is 5.68. The van der Waals surface area contributed by atoms with Crippen molar-refractivity contribution in [3.05, 3.63) is 0 Å². The zero-order valence-electron chi connectivity index (χ0n) is 10.4. The minimum absolute atomic E-state index is 0.0856. The van der Waals surface area contributed by atoms with Gasteiger partial charge in [-0.2, -0.15) is 16.1 Å². The van der Waals surface area contributed by atoms with Gasteiger partial charge in [0, 0.05) is 23.8 Å². The number of hydrogen-bond donors (Lipinski definition) is 1. The number of aliphatic hydroxyl groups is 1. The van der Waals surface area contributed by atoms with Crippen LogP contribution in [0.15, 0.2) is 0 Å². The van der Waals surface area contributed by atoms with Gasteiger partial charge in [-0.25, -0.2) is 16.8 Å². The highest BCUT2D eigenvalue weighted by molar-refractivity contribution is 8.01. The van der Waals surface area contributed by atoms with E-state index in [9.17, 15) is 16.8 Å². The summed E-state index contributed by atoms with van der Waals surface area (Å²) >= 11 is 1.44. The highest BCUT2D eigenvalue weighted by atomic mass is 32.2. The molecule has 1 heterocycles. The first kappa shape index (κ1) is 16.2. The molecule has 0 aliphatic carbocycles. The van der Waals surface area contributed by atoms with Gasteiger partial charge in [0.25, 0.3) is 0 Å². The van der Waals surface area contributed by atoms with Crippen molar-refractivity contribution in [1.82, 2.24) is 4.31 Å². The van der Waals surface area contributed by atoms with E-state index in [4.69, 9.17) is 5.11 Å². The van der Waals surface area contributed by atoms with Gasteiger partial charge in [0.05, 0.1) is 11.9 Å². The molecule has 9 heteroatoms. The van der Waals surface area contributed by atoms with Gasteiger partial charge < -0.3 is 5.11 Å². The molecule has 2 unspecified atom stereocenters. The minimum atomic E-state index is -3.76. The van der Waals surface area contributed by atoms with E-state index < -0.39 is 37.1 Å². The lowest BCUT2D eigenvalue weighted by Gasteiger charge is -2.35. The number of rotatable bonds is 5. The zero-order chi connectivity index (χ0) is 14.0. The fourth-order valence-corrected chi connectivity index (χ4v) is 6.86. The molecule has 0 aromatic heterocycles. The van der Waals surface area contributed by atoms with Crippen molar-refractivity contribution in [3.8, 4) is 0 Å². The van der Waals surface area contributed by atoms with Crippen molar-refractivity contribution in [2.75, 3.05) is 30.4 Å². The molecule has 0 spiro atoms. The molecule has 2 atom stereocenters. The minimum Gasteiger partial charge on any atom is -0.395 e. The van der Waals surface area contributed by atoms with E-state index >= 15 is 0 Å². The fraction of sp³-hybridized carbons (Fsp3) is 1.00. The Morgan fingerprint density at radius 3 is 2.50 bits per heavy atom. The highest BCUT2D eigenvalue weighted by Gasteiger charge is 2.41. The highest BCUT2D eigenvalue weighted by Crippen LogP contribution is 2.25. The molecule has 1 fully saturated rings. The van der Waals surface area contributed by atoms with Crippen molar-refractivity contribution in [1.29, 1.82) is 0 Å². The standard InChI is InChI=1S/C9H19NO5S3/c1-3-17(12,13)9-7-16-5-4-10(9)18(14,15)8(2)6-11/h8-9,11H,3-7H2,1-2H3. The van der Waals surface area contributed by atoms with Crippen LogP contribution in [0.25, 0.3) is 0 Å². The molecule has 0 radical (unpaired) electrons. The smallest absolute Gasteiger partial charge is 0.220 e. The number of aliphatic hydroxyl groups excluding tert-OH is 1. The van der Waals surface area contributed by atoms with E-state index in [2.05, 4.69) is 0 Å². The van der Waals surface area contributed by atoms with E-state index in [1.54, 1.807) is 0 Å². The monoisotopic (exact) mass is 317 g/mol. The number of hydrogen-bond acceptors (Lipinski definition) is 6. The van der Waals surface area contributed by atoms with Crippen molar-refractivity contribution in [2.24, 2.45) is 0 Å². The Morgan fingerprint density at radius 1 is 1.39 bits per heavy atom. The maximum atomic E-state index is 12.2. The zero-order valence-corrected chi connectivity index (χ0v) is 12.9. The molecule has 1 saturated heterocycles. The van der Waals surface area contributed by atoms with Crippen LogP contribution in [0.3, 0.4) is 0 Å². The summed E-state index contributed by atoms with van der Waals surface area (Å²) < 4.78 is 49.3. The summed E-state index contributed by atoms with van der Waals surface area (Å²) in [5.41, 5.74) is 0. The molecule has 0 bridgehead atoms. The Balaban J connectivity index is 3.12. The summed E-state index contributed by atoms with van der Waals surface area (Å²) in [5.74, 6) is 0.748. The third-order valence-corrected chi connectivity index (χ3v) is 8.63. The van der Waals surface area contributed by atoms with Crippen LogP contribution in [0.4, 0.5) is 0 Å². The average molecular weight is 317 g/mol. The van der Waals surface area contributed by atoms with Gasteiger partial charge in [0.15, 0.2) is 9.84 Å². The first-order valence-corrected chi connectivity index (χ1v) is 10.1. The van der Waals surface area contributed by atoms with E-state index in [1.807, 2.05) is 0 Å². The largest absolute Gasteiger partial charge is 0.395 e. The topological polar surface area (TPSA) is 91.8 Å². The third-order valence-electron chi connectivity index (χ3n) is 2.95. The van der Waals surface area contributed by atoms with Crippen molar-refractivity contribution < 1.29 is 21.9 Å². The van der Waals surface area contributed by atoms with Gasteiger partial charge in [-0.3, -0.25) is 0 Å². The summed E-state index contributed by atoms with van der Waals surface area (Å²) in [6, 6.07) is 0. The van der Waals surface area contributed by atoms with Crippen LogP contribution in [0.5, 0.6) is 0 Å². The molecule has 1 aliphatic rings. The summed E-state index contributed by atoms with van der Waals surface area (Å²) in [6.45, 7) is 2.56. The lowest BCUT2D eigenvalue weighted by Crippen LogP contribution is -2.53. The average Bonchev–Trinajstić information content (AvgIpc) is 2.37. The second-order valence-electron chi connectivity index (χ2n) is 4.13. The van der Waals surface area contributed by atoms with Crippen LogP contribution < -0.4 is 0 Å². The second kappa shape index (κ2) is 6.08. The Morgan fingerprint density at radius 2 is 2.00 bits per heavy atom. The summed E-state index contributed by atoms with van der Waals surface area (Å²) in [6.07, 6.45) is 0. The predicted molar refractivity (Wildman–Crippen MR) is 72.7 cm³/mol. The van der Waals surface area contributed by atoms with E-state index in [-0.39, 0.29) is 18.1 Å². The van der Waals surface area contributed by atoms with Crippen LogP contribution in [-0.2, 0) is 19.9 Å². The molecule has 0 saturated carbocycles. The molecule has 18 heavy (non-hydrogen) atoms. The van der Waals surface area contributed by atoms with Crippen molar-refractivity contribution in [3.63, 3.8) is 0 Å². The Labute approximate surface area is 113 Å². The molecule has 0 amide bonds. The summed E-state index contributed by atoms with van der Waals surface area (Å²) in [4.78, 5) is 0. The quantitative estimate of drug-likeness (QED) is 0.735. The summed E-state index contributed by atoms with van der Waals surface area (Å²) in [5, 5.41) is 7.01. The van der Waals surface area contributed by atoms with E-state index in [1.165, 1.54) is 25.6 Å². The number of sulfonamides is 1. The molecule has 0 aromatic carbocycles. The molecule has 1 rings (SSSR count). The van der Waals surface area contributed by atoms with Crippen LogP contribution >= 0.6 is 11.8 Å². The van der Waals surface area contributed by atoms with Crippen LogP contribution in [-0.4, -0.2) is 67.3 Å². The Kier molecular flexibility index (Phi) is 5.48. The summed E-state index contributed by atoms with van der Waals surface area (Å²) in [7, 11) is -7.21. The van der Waals surface area contributed by atoms with Gasteiger partial charge in [-0.1, -0.05) is 6.92 Å². The van der Waals surface area contributed by atoms with Crippen LogP contribution in [0, 0.1) is 0 Å². The maximum absolute atomic E-state index is 12.2. The Hall–Kier alpha value is 0.170. The van der Waals surface area contributed by atoms with Gasteiger partial charge in [0.2, 0.25) is 10.0 Å². The SMILES string of the molecule is CCS(=O)(=O)C1CSCCN1S(=O)(=O)C(C)CO. The number of thioether (sulfide) groups is 1. The van der Waals surface area contributed by atoms with Gasteiger partial charge in [0.1, 0.15) is 5.37 Å². The van der Waals surface area contributed by atoms with Crippen molar-refractivity contribution >= 4 is 31.6 Å². The molecule has 6 nitrogen and oxygen atoms in total. The lowest BCUT2D eigenvalue weighted by atomic mass is 10.5. The van der Waals surface area contributed by atoms with Gasteiger partial charge in [-0.15, -0.1) is 0 Å².